The summed E-state index contributed by atoms with van der Waals surface area (Å²) in [5.74, 6) is -0.752. The zero-order valence-corrected chi connectivity index (χ0v) is 14.6. The standard InChI is InChI=1S/C18H36O4/c1-3-5-15-21-22-16-12-10-8-6-7-9-11-14-17(13-4-2)18(19)20/h17H,3-16H2,1-2H3,(H,19,20). The van der Waals surface area contributed by atoms with Crippen LogP contribution in [0, 0.1) is 5.92 Å². The minimum absolute atomic E-state index is 0.130. The third kappa shape index (κ3) is 14.3. The second kappa shape index (κ2) is 16.8. The van der Waals surface area contributed by atoms with E-state index in [2.05, 4.69) is 13.8 Å². The number of hydrogen-bond acceptors (Lipinski definition) is 3. The van der Waals surface area contributed by atoms with E-state index in [0.29, 0.717) is 13.2 Å². The summed E-state index contributed by atoms with van der Waals surface area (Å²) < 4.78 is 0. The molecule has 22 heavy (non-hydrogen) atoms. The monoisotopic (exact) mass is 316 g/mol. The summed E-state index contributed by atoms with van der Waals surface area (Å²) in [4.78, 5) is 21.2. The van der Waals surface area contributed by atoms with Crippen molar-refractivity contribution in [3.63, 3.8) is 0 Å². The van der Waals surface area contributed by atoms with Gasteiger partial charge in [0, 0.05) is 0 Å². The molecular weight excluding hydrogens is 280 g/mol. The normalized spacial score (nSPS) is 12.5. The molecule has 0 rings (SSSR count). The molecular formula is C18H36O4. The van der Waals surface area contributed by atoms with E-state index in [0.717, 1.165) is 51.4 Å². The van der Waals surface area contributed by atoms with E-state index in [1.54, 1.807) is 0 Å². The molecule has 0 saturated carbocycles. The number of carboxylic acid groups (broad SMARTS) is 1. The molecule has 1 N–H and O–H groups in total. The van der Waals surface area contributed by atoms with E-state index >= 15 is 0 Å². The van der Waals surface area contributed by atoms with Gasteiger partial charge in [-0.1, -0.05) is 65.2 Å². The maximum atomic E-state index is 11.0. The van der Waals surface area contributed by atoms with Crippen LogP contribution in [0.5, 0.6) is 0 Å². The minimum atomic E-state index is -0.622. The van der Waals surface area contributed by atoms with Crippen molar-refractivity contribution in [2.24, 2.45) is 5.92 Å². The van der Waals surface area contributed by atoms with Gasteiger partial charge >= 0.3 is 5.97 Å². The second-order valence-corrected chi connectivity index (χ2v) is 6.08. The van der Waals surface area contributed by atoms with Crippen molar-refractivity contribution in [2.75, 3.05) is 13.2 Å². The fraction of sp³-hybridized carbons (Fsp3) is 0.944. The Morgan fingerprint density at radius 2 is 1.32 bits per heavy atom. The fourth-order valence-electron chi connectivity index (χ4n) is 2.50. The molecule has 0 spiro atoms. The van der Waals surface area contributed by atoms with E-state index in [1.165, 1.54) is 25.7 Å². The Hall–Kier alpha value is -0.610. The summed E-state index contributed by atoms with van der Waals surface area (Å²) in [5, 5.41) is 9.07. The summed E-state index contributed by atoms with van der Waals surface area (Å²) in [6.07, 6.45) is 12.9. The van der Waals surface area contributed by atoms with Crippen molar-refractivity contribution in [1.29, 1.82) is 0 Å². The molecule has 0 bridgehead atoms. The largest absolute Gasteiger partial charge is 0.481 e. The molecule has 0 aliphatic heterocycles. The first kappa shape index (κ1) is 21.4. The molecule has 1 unspecified atom stereocenters. The van der Waals surface area contributed by atoms with Crippen LogP contribution in [-0.2, 0) is 14.6 Å². The van der Waals surface area contributed by atoms with E-state index in [-0.39, 0.29) is 5.92 Å². The molecule has 0 radical (unpaired) electrons. The number of rotatable bonds is 17. The van der Waals surface area contributed by atoms with Crippen LogP contribution >= 0.6 is 0 Å². The van der Waals surface area contributed by atoms with Crippen molar-refractivity contribution >= 4 is 5.97 Å². The summed E-state index contributed by atoms with van der Waals surface area (Å²) in [6, 6.07) is 0. The molecule has 0 aliphatic rings. The maximum Gasteiger partial charge on any atom is 0.306 e. The minimum Gasteiger partial charge on any atom is -0.481 e. The molecule has 0 aromatic heterocycles. The van der Waals surface area contributed by atoms with Crippen molar-refractivity contribution in [3.8, 4) is 0 Å². The molecule has 0 saturated heterocycles. The van der Waals surface area contributed by atoms with Gasteiger partial charge in [-0.05, 0) is 25.7 Å². The molecule has 0 amide bonds. The van der Waals surface area contributed by atoms with Gasteiger partial charge in [0.1, 0.15) is 0 Å². The van der Waals surface area contributed by atoms with Crippen molar-refractivity contribution < 1.29 is 19.7 Å². The van der Waals surface area contributed by atoms with Gasteiger partial charge in [0.2, 0.25) is 0 Å². The zero-order valence-electron chi connectivity index (χ0n) is 14.6. The molecule has 0 aromatic carbocycles. The first-order valence-electron chi connectivity index (χ1n) is 9.19. The van der Waals surface area contributed by atoms with Crippen molar-refractivity contribution in [2.45, 2.75) is 90.9 Å². The number of carbonyl (C=O) groups is 1. The summed E-state index contributed by atoms with van der Waals surface area (Å²) >= 11 is 0. The lowest BCUT2D eigenvalue weighted by atomic mass is 9.96. The van der Waals surface area contributed by atoms with Crippen LogP contribution in [0.15, 0.2) is 0 Å². The number of hydrogen-bond donors (Lipinski definition) is 1. The fourth-order valence-corrected chi connectivity index (χ4v) is 2.50. The van der Waals surface area contributed by atoms with Gasteiger partial charge in [0.25, 0.3) is 0 Å². The number of unbranched alkanes of at least 4 members (excludes halogenated alkanes) is 7. The molecule has 4 nitrogen and oxygen atoms in total. The van der Waals surface area contributed by atoms with E-state index in [9.17, 15) is 4.79 Å². The Morgan fingerprint density at radius 1 is 0.773 bits per heavy atom. The molecule has 0 heterocycles. The first-order chi connectivity index (χ1) is 10.7. The van der Waals surface area contributed by atoms with Gasteiger partial charge in [0.05, 0.1) is 19.1 Å². The predicted molar refractivity (Wildman–Crippen MR) is 89.8 cm³/mol. The Bertz CT molecular complexity index is 243. The Balaban J connectivity index is 3.21. The number of aliphatic carboxylic acids is 1. The van der Waals surface area contributed by atoms with Gasteiger partial charge in [-0.15, -0.1) is 0 Å². The Kier molecular flexibility index (Phi) is 16.3. The van der Waals surface area contributed by atoms with Crippen LogP contribution in [0.2, 0.25) is 0 Å². The van der Waals surface area contributed by atoms with Gasteiger partial charge in [-0.3, -0.25) is 4.79 Å². The quantitative estimate of drug-likeness (QED) is 0.223. The topological polar surface area (TPSA) is 55.8 Å². The van der Waals surface area contributed by atoms with Gasteiger partial charge in [0.15, 0.2) is 0 Å². The summed E-state index contributed by atoms with van der Waals surface area (Å²) in [6.45, 7) is 5.58. The van der Waals surface area contributed by atoms with E-state index in [1.807, 2.05) is 0 Å². The smallest absolute Gasteiger partial charge is 0.306 e. The zero-order chi connectivity index (χ0) is 16.5. The molecule has 132 valence electrons. The third-order valence-electron chi connectivity index (χ3n) is 3.93. The first-order valence-corrected chi connectivity index (χ1v) is 9.19. The van der Waals surface area contributed by atoms with Crippen LogP contribution < -0.4 is 0 Å². The lowest BCUT2D eigenvalue weighted by Crippen LogP contribution is -2.13. The van der Waals surface area contributed by atoms with Gasteiger partial charge in [-0.25, -0.2) is 9.78 Å². The molecule has 0 aromatic rings. The Morgan fingerprint density at radius 3 is 1.86 bits per heavy atom. The SMILES string of the molecule is CCCCOOCCCCCCCCCC(CCC)C(=O)O. The second-order valence-electron chi connectivity index (χ2n) is 6.08. The summed E-state index contributed by atoms with van der Waals surface area (Å²) in [5.41, 5.74) is 0. The highest BCUT2D eigenvalue weighted by molar-refractivity contribution is 5.69. The highest BCUT2D eigenvalue weighted by atomic mass is 17.2. The average Bonchev–Trinajstić information content (AvgIpc) is 2.50. The molecule has 4 heteroatoms. The average molecular weight is 316 g/mol. The highest BCUT2D eigenvalue weighted by Crippen LogP contribution is 2.17. The van der Waals surface area contributed by atoms with Crippen LogP contribution in [0.4, 0.5) is 0 Å². The van der Waals surface area contributed by atoms with Crippen molar-refractivity contribution in [3.05, 3.63) is 0 Å². The molecule has 0 aliphatic carbocycles. The van der Waals surface area contributed by atoms with E-state index in [4.69, 9.17) is 14.9 Å². The van der Waals surface area contributed by atoms with Crippen molar-refractivity contribution in [1.82, 2.24) is 0 Å². The summed E-state index contributed by atoms with van der Waals surface area (Å²) in [7, 11) is 0. The van der Waals surface area contributed by atoms with Crippen LogP contribution in [0.25, 0.3) is 0 Å². The van der Waals surface area contributed by atoms with E-state index < -0.39 is 5.97 Å². The Labute approximate surface area is 136 Å². The number of carboxylic acids is 1. The molecule has 1 atom stereocenters. The maximum absolute atomic E-state index is 11.0. The lowest BCUT2D eigenvalue weighted by molar-refractivity contribution is -0.295. The van der Waals surface area contributed by atoms with Crippen LogP contribution in [0.1, 0.15) is 90.9 Å². The predicted octanol–water partition coefficient (Wildman–Crippen LogP) is 5.36. The molecule has 0 fully saturated rings. The highest BCUT2D eigenvalue weighted by Gasteiger charge is 2.15. The van der Waals surface area contributed by atoms with Crippen LogP contribution in [0.3, 0.4) is 0 Å². The van der Waals surface area contributed by atoms with Gasteiger partial charge in [-0.2, -0.15) is 0 Å². The van der Waals surface area contributed by atoms with Crippen LogP contribution in [-0.4, -0.2) is 24.3 Å². The van der Waals surface area contributed by atoms with Gasteiger partial charge < -0.3 is 5.11 Å². The lowest BCUT2D eigenvalue weighted by Gasteiger charge is -2.10. The third-order valence-corrected chi connectivity index (χ3v) is 3.93.